The lowest BCUT2D eigenvalue weighted by molar-refractivity contribution is 0.0738. The molecule has 2 rings (SSSR count). The largest absolute Gasteiger partial charge is 0.334 e. The molecule has 0 bridgehead atoms. The quantitative estimate of drug-likeness (QED) is 0.797. The van der Waals surface area contributed by atoms with Crippen molar-refractivity contribution < 1.29 is 9.18 Å². The van der Waals surface area contributed by atoms with Gasteiger partial charge in [0.05, 0.1) is 0 Å². The number of aromatic nitrogens is 1. The smallest absolute Gasteiger partial charge is 0.260 e. The number of amides is 1. The monoisotopic (exact) mass is 316 g/mol. The standard InChI is InChI=1S/C18H21FN2O2/c1-2-3-4-12-21(13-14-7-9-15(19)10-8-14)18(23)16-6-5-11-20-17(16)22/h5-11H,2-4,12-13H2,1H3,(H,20,22). The first-order valence-electron chi connectivity index (χ1n) is 7.83. The average Bonchev–Trinajstić information content (AvgIpc) is 2.56. The zero-order valence-corrected chi connectivity index (χ0v) is 13.2. The molecule has 0 unspecified atom stereocenters. The molecule has 0 radical (unpaired) electrons. The summed E-state index contributed by atoms with van der Waals surface area (Å²) in [7, 11) is 0. The normalized spacial score (nSPS) is 10.5. The van der Waals surface area contributed by atoms with Crippen molar-refractivity contribution in [3.05, 3.63) is 69.9 Å². The van der Waals surface area contributed by atoms with Gasteiger partial charge in [-0.25, -0.2) is 4.39 Å². The van der Waals surface area contributed by atoms with Gasteiger partial charge in [-0.3, -0.25) is 9.59 Å². The van der Waals surface area contributed by atoms with Crippen LogP contribution in [-0.2, 0) is 6.54 Å². The number of carbonyl (C=O) groups is 1. The average molecular weight is 316 g/mol. The third kappa shape index (κ3) is 4.77. The summed E-state index contributed by atoms with van der Waals surface area (Å²) in [5.41, 5.74) is 0.576. The molecule has 1 heterocycles. The van der Waals surface area contributed by atoms with Crippen LogP contribution in [0.1, 0.15) is 42.1 Å². The second-order valence-electron chi connectivity index (χ2n) is 5.47. The molecular weight excluding hydrogens is 295 g/mol. The second kappa shape index (κ2) is 8.27. The summed E-state index contributed by atoms with van der Waals surface area (Å²) in [4.78, 5) is 28.7. The van der Waals surface area contributed by atoms with Crippen LogP contribution in [0.2, 0.25) is 0 Å². The van der Waals surface area contributed by atoms with E-state index in [1.165, 1.54) is 24.4 Å². The van der Waals surface area contributed by atoms with Crippen molar-refractivity contribution in [2.24, 2.45) is 0 Å². The fourth-order valence-corrected chi connectivity index (χ4v) is 2.38. The lowest BCUT2D eigenvalue weighted by Gasteiger charge is -2.22. The molecule has 122 valence electrons. The van der Waals surface area contributed by atoms with Gasteiger partial charge in [0.1, 0.15) is 11.4 Å². The Morgan fingerprint density at radius 2 is 1.91 bits per heavy atom. The Morgan fingerprint density at radius 1 is 1.17 bits per heavy atom. The van der Waals surface area contributed by atoms with E-state index in [2.05, 4.69) is 11.9 Å². The van der Waals surface area contributed by atoms with Crippen LogP contribution in [0.15, 0.2) is 47.4 Å². The van der Waals surface area contributed by atoms with Crippen molar-refractivity contribution in [1.29, 1.82) is 0 Å². The van der Waals surface area contributed by atoms with Crippen molar-refractivity contribution in [3.63, 3.8) is 0 Å². The minimum atomic E-state index is -0.392. The van der Waals surface area contributed by atoms with Crippen LogP contribution in [0.5, 0.6) is 0 Å². The Hall–Kier alpha value is -2.43. The Kier molecular flexibility index (Phi) is 6.09. The summed E-state index contributed by atoms with van der Waals surface area (Å²) in [6.07, 6.45) is 4.43. The second-order valence-corrected chi connectivity index (χ2v) is 5.47. The summed E-state index contributed by atoms with van der Waals surface area (Å²) >= 11 is 0. The van der Waals surface area contributed by atoms with Crippen LogP contribution in [-0.4, -0.2) is 22.3 Å². The van der Waals surface area contributed by atoms with Gasteiger partial charge in [-0.2, -0.15) is 0 Å². The fraction of sp³-hybridized carbons (Fsp3) is 0.333. The molecule has 2 aromatic rings. The number of aromatic amines is 1. The number of halogens is 1. The molecule has 0 aliphatic heterocycles. The van der Waals surface area contributed by atoms with Crippen LogP contribution < -0.4 is 5.56 Å². The predicted molar refractivity (Wildman–Crippen MR) is 87.7 cm³/mol. The van der Waals surface area contributed by atoms with E-state index in [4.69, 9.17) is 0 Å². The van der Waals surface area contributed by atoms with Crippen LogP contribution in [0.3, 0.4) is 0 Å². The minimum absolute atomic E-state index is 0.131. The molecule has 1 amide bonds. The number of carbonyl (C=O) groups excluding carboxylic acids is 1. The molecule has 0 aliphatic carbocycles. The van der Waals surface area contributed by atoms with Gasteiger partial charge in [-0.1, -0.05) is 31.9 Å². The number of benzene rings is 1. The first-order valence-corrected chi connectivity index (χ1v) is 7.83. The van der Waals surface area contributed by atoms with Crippen molar-refractivity contribution in [2.75, 3.05) is 6.54 Å². The lowest BCUT2D eigenvalue weighted by atomic mass is 10.1. The summed E-state index contributed by atoms with van der Waals surface area (Å²) in [6.45, 7) is 3.02. The highest BCUT2D eigenvalue weighted by Crippen LogP contribution is 2.11. The SMILES string of the molecule is CCCCCN(Cc1ccc(F)cc1)C(=O)c1ccc[nH]c1=O. The highest BCUT2D eigenvalue weighted by atomic mass is 19.1. The van der Waals surface area contributed by atoms with E-state index in [1.807, 2.05) is 0 Å². The molecule has 1 aromatic carbocycles. The molecule has 23 heavy (non-hydrogen) atoms. The third-order valence-electron chi connectivity index (χ3n) is 3.65. The maximum atomic E-state index is 13.0. The van der Waals surface area contributed by atoms with Gasteiger partial charge >= 0.3 is 0 Å². The van der Waals surface area contributed by atoms with Gasteiger partial charge in [0, 0.05) is 19.3 Å². The van der Waals surface area contributed by atoms with Crippen LogP contribution in [0, 0.1) is 5.82 Å². The van der Waals surface area contributed by atoms with Crippen LogP contribution in [0.4, 0.5) is 4.39 Å². The zero-order valence-electron chi connectivity index (χ0n) is 13.2. The maximum absolute atomic E-state index is 13.0. The highest BCUT2D eigenvalue weighted by Gasteiger charge is 2.18. The lowest BCUT2D eigenvalue weighted by Crippen LogP contribution is -2.35. The molecule has 0 saturated carbocycles. The molecule has 0 saturated heterocycles. The van der Waals surface area contributed by atoms with Gasteiger partial charge in [-0.05, 0) is 36.2 Å². The van der Waals surface area contributed by atoms with E-state index in [1.54, 1.807) is 23.1 Å². The highest BCUT2D eigenvalue weighted by molar-refractivity contribution is 5.93. The molecule has 0 spiro atoms. The van der Waals surface area contributed by atoms with E-state index in [-0.39, 0.29) is 17.3 Å². The Morgan fingerprint density at radius 3 is 2.57 bits per heavy atom. The maximum Gasteiger partial charge on any atom is 0.260 e. The molecular formula is C18H21FN2O2. The van der Waals surface area contributed by atoms with Crippen molar-refractivity contribution in [3.8, 4) is 0 Å². The summed E-state index contributed by atoms with van der Waals surface area (Å²) in [5.74, 6) is -0.607. The zero-order chi connectivity index (χ0) is 16.7. The third-order valence-corrected chi connectivity index (χ3v) is 3.65. The van der Waals surface area contributed by atoms with Crippen molar-refractivity contribution in [1.82, 2.24) is 9.88 Å². The number of rotatable bonds is 7. The molecule has 1 N–H and O–H groups in total. The topological polar surface area (TPSA) is 53.2 Å². The van der Waals surface area contributed by atoms with Gasteiger partial charge in [0.15, 0.2) is 0 Å². The summed E-state index contributed by atoms with van der Waals surface area (Å²) in [5, 5.41) is 0. The summed E-state index contributed by atoms with van der Waals surface area (Å²) < 4.78 is 13.0. The van der Waals surface area contributed by atoms with E-state index in [9.17, 15) is 14.0 Å². The van der Waals surface area contributed by atoms with Gasteiger partial charge < -0.3 is 9.88 Å². The molecule has 4 nitrogen and oxygen atoms in total. The van der Waals surface area contributed by atoms with Gasteiger partial charge in [-0.15, -0.1) is 0 Å². The van der Waals surface area contributed by atoms with Crippen molar-refractivity contribution in [2.45, 2.75) is 32.7 Å². The minimum Gasteiger partial charge on any atom is -0.334 e. The van der Waals surface area contributed by atoms with Crippen LogP contribution >= 0.6 is 0 Å². The first-order chi connectivity index (χ1) is 11.1. The first kappa shape index (κ1) is 16.9. The number of nitrogens with zero attached hydrogens (tertiary/aromatic N) is 1. The number of nitrogens with one attached hydrogen (secondary N) is 1. The van der Waals surface area contributed by atoms with Gasteiger partial charge in [0.2, 0.25) is 0 Å². The number of hydrogen-bond donors (Lipinski definition) is 1. The molecule has 1 aromatic heterocycles. The van der Waals surface area contributed by atoms with E-state index < -0.39 is 5.56 Å². The fourth-order valence-electron chi connectivity index (χ4n) is 2.38. The molecule has 0 fully saturated rings. The number of pyridine rings is 1. The number of hydrogen-bond acceptors (Lipinski definition) is 2. The van der Waals surface area contributed by atoms with Crippen LogP contribution in [0.25, 0.3) is 0 Å². The number of unbranched alkanes of at least 4 members (excludes halogenated alkanes) is 2. The van der Waals surface area contributed by atoms with E-state index in [0.29, 0.717) is 13.1 Å². The van der Waals surface area contributed by atoms with E-state index in [0.717, 1.165) is 24.8 Å². The molecule has 0 atom stereocenters. The predicted octanol–water partition coefficient (Wildman–Crippen LogP) is 3.35. The van der Waals surface area contributed by atoms with Crippen molar-refractivity contribution >= 4 is 5.91 Å². The summed E-state index contributed by atoms with van der Waals surface area (Å²) in [6, 6.07) is 9.23. The molecule has 5 heteroatoms. The molecule has 0 aliphatic rings. The Balaban J connectivity index is 2.19. The Labute approximate surface area is 135 Å². The Bertz CT molecular complexity index is 695. The van der Waals surface area contributed by atoms with Gasteiger partial charge in [0.25, 0.3) is 11.5 Å². The van der Waals surface area contributed by atoms with E-state index >= 15 is 0 Å². The number of H-pyrrole nitrogens is 1.